The molecule has 0 saturated carbocycles. The van der Waals surface area contributed by atoms with Gasteiger partial charge in [0.1, 0.15) is 0 Å². The third-order valence-corrected chi connectivity index (χ3v) is 6.14. The van der Waals surface area contributed by atoms with Gasteiger partial charge >= 0.3 is 6.18 Å². The number of non-ortho nitro benzene ring substituents is 1. The Kier molecular flexibility index (Phi) is 8.10. The van der Waals surface area contributed by atoms with Crippen LogP contribution in [0.1, 0.15) is 15.9 Å². The maximum Gasteiger partial charge on any atom is 0.416 e. The van der Waals surface area contributed by atoms with Gasteiger partial charge in [0.05, 0.1) is 59.5 Å². The van der Waals surface area contributed by atoms with E-state index in [9.17, 15) is 28.1 Å². The second-order valence-corrected chi connectivity index (χ2v) is 8.70. The van der Waals surface area contributed by atoms with Crippen LogP contribution in [0.2, 0.25) is 0 Å². The number of ether oxygens (including phenoxy) is 2. The van der Waals surface area contributed by atoms with Crippen LogP contribution in [0.3, 0.4) is 0 Å². The molecule has 2 aliphatic heterocycles. The van der Waals surface area contributed by atoms with Crippen molar-refractivity contribution in [1.82, 2.24) is 5.32 Å². The number of hydrogen-bond acceptors (Lipinski definition) is 8. The molecule has 2 fully saturated rings. The number of nitrogens with zero attached hydrogens (tertiary/aromatic N) is 3. The third-order valence-electron chi connectivity index (χ3n) is 5.94. The predicted molar refractivity (Wildman–Crippen MR) is 134 cm³/mol. The number of halogens is 3. The summed E-state index contributed by atoms with van der Waals surface area (Å²) >= 11 is 5.26. The Morgan fingerprint density at radius 1 is 0.946 bits per heavy atom. The molecule has 2 aromatic carbocycles. The van der Waals surface area contributed by atoms with Gasteiger partial charge in [0, 0.05) is 38.3 Å². The lowest BCUT2D eigenvalue weighted by molar-refractivity contribution is -0.384. The molecule has 4 rings (SSSR count). The van der Waals surface area contributed by atoms with E-state index in [2.05, 4.69) is 10.6 Å². The average Bonchev–Trinajstić information content (AvgIpc) is 2.88. The first kappa shape index (κ1) is 26.6. The van der Waals surface area contributed by atoms with E-state index in [0.717, 1.165) is 18.2 Å². The molecule has 37 heavy (non-hydrogen) atoms. The fraction of sp³-hybridized carbons (Fsp3) is 0.391. The normalized spacial score (nSPS) is 16.3. The Labute approximate surface area is 215 Å². The lowest BCUT2D eigenvalue weighted by Gasteiger charge is -2.31. The third kappa shape index (κ3) is 6.45. The quantitative estimate of drug-likeness (QED) is 0.336. The highest BCUT2D eigenvalue weighted by Gasteiger charge is 2.32. The van der Waals surface area contributed by atoms with E-state index in [-0.39, 0.29) is 22.1 Å². The minimum absolute atomic E-state index is 0.0118. The van der Waals surface area contributed by atoms with Crippen molar-refractivity contribution in [2.24, 2.45) is 0 Å². The van der Waals surface area contributed by atoms with Crippen molar-refractivity contribution in [2.75, 3.05) is 67.7 Å². The molecule has 10 nitrogen and oxygen atoms in total. The summed E-state index contributed by atoms with van der Waals surface area (Å²) in [5, 5.41) is 16.2. The topological polar surface area (TPSA) is 109 Å². The molecule has 0 atom stereocenters. The van der Waals surface area contributed by atoms with Gasteiger partial charge in [-0.3, -0.25) is 20.2 Å². The van der Waals surface area contributed by atoms with Gasteiger partial charge in [-0.15, -0.1) is 0 Å². The Morgan fingerprint density at radius 3 is 2.08 bits per heavy atom. The molecule has 2 N–H and O–H groups in total. The highest BCUT2D eigenvalue weighted by Crippen LogP contribution is 2.36. The molecular weight excluding hydrogens is 515 g/mol. The summed E-state index contributed by atoms with van der Waals surface area (Å²) in [6, 6.07) is 7.18. The number of benzene rings is 2. The number of hydrogen-bond donors (Lipinski definition) is 2. The van der Waals surface area contributed by atoms with Crippen molar-refractivity contribution in [2.45, 2.75) is 6.18 Å². The van der Waals surface area contributed by atoms with Gasteiger partial charge in [-0.1, -0.05) is 0 Å². The summed E-state index contributed by atoms with van der Waals surface area (Å²) in [6.45, 7) is 3.58. The van der Waals surface area contributed by atoms with Crippen LogP contribution in [0.25, 0.3) is 0 Å². The molecule has 2 aliphatic rings. The minimum atomic E-state index is -4.58. The molecule has 0 spiro atoms. The number of carbonyl (C=O) groups excluding carboxylic acids is 1. The van der Waals surface area contributed by atoms with Crippen LogP contribution in [0.15, 0.2) is 36.4 Å². The molecule has 1 amide bonds. The van der Waals surface area contributed by atoms with Gasteiger partial charge in [-0.05, 0) is 36.5 Å². The zero-order chi connectivity index (χ0) is 26.6. The van der Waals surface area contributed by atoms with E-state index >= 15 is 0 Å². The second kappa shape index (κ2) is 11.3. The molecule has 14 heteroatoms. The smallest absolute Gasteiger partial charge is 0.378 e. The number of amides is 1. The van der Waals surface area contributed by atoms with E-state index < -0.39 is 22.6 Å². The fourth-order valence-corrected chi connectivity index (χ4v) is 4.32. The number of rotatable bonds is 5. The molecule has 0 aromatic heterocycles. The number of anilines is 3. The van der Waals surface area contributed by atoms with Crippen molar-refractivity contribution >= 4 is 46.0 Å². The number of nitro benzene ring substituents is 1. The van der Waals surface area contributed by atoms with E-state index in [0.29, 0.717) is 64.0 Å². The van der Waals surface area contributed by atoms with Gasteiger partial charge < -0.3 is 24.6 Å². The lowest BCUT2D eigenvalue weighted by Crippen LogP contribution is -2.40. The first-order valence-electron chi connectivity index (χ1n) is 11.4. The number of thiocarbonyl (C=S) groups is 1. The van der Waals surface area contributed by atoms with Crippen LogP contribution in [-0.4, -0.2) is 68.5 Å². The van der Waals surface area contributed by atoms with E-state index in [1.54, 1.807) is 0 Å². The molecule has 2 aromatic rings. The Balaban J connectivity index is 1.58. The highest BCUT2D eigenvalue weighted by molar-refractivity contribution is 7.80. The zero-order valence-electron chi connectivity index (χ0n) is 19.5. The number of nitrogens with one attached hydrogen (secondary N) is 2. The van der Waals surface area contributed by atoms with Crippen LogP contribution in [0, 0.1) is 10.1 Å². The highest BCUT2D eigenvalue weighted by atomic mass is 32.1. The molecule has 0 aliphatic carbocycles. The Morgan fingerprint density at radius 2 is 1.51 bits per heavy atom. The number of morpholine rings is 2. The molecule has 0 unspecified atom stereocenters. The standard InChI is InChI=1S/C23H24F3N5O5S/c24-23(25,26)15-1-3-20(30-7-11-36-12-8-30)18(13-15)27-22(37)28-21(32)17-14-16(31(33)34)2-4-19(17)29-5-9-35-10-6-29/h1-4,13-14H,5-12H2,(H2,27,28,32,37). The van der Waals surface area contributed by atoms with Gasteiger partial charge in [0.2, 0.25) is 0 Å². The van der Waals surface area contributed by atoms with Crippen LogP contribution in [0.4, 0.5) is 35.9 Å². The van der Waals surface area contributed by atoms with E-state index in [4.69, 9.17) is 21.7 Å². The zero-order valence-corrected chi connectivity index (χ0v) is 20.4. The van der Waals surface area contributed by atoms with E-state index in [1.807, 2.05) is 9.80 Å². The van der Waals surface area contributed by atoms with Crippen LogP contribution in [-0.2, 0) is 15.7 Å². The van der Waals surface area contributed by atoms with Crippen molar-refractivity contribution in [1.29, 1.82) is 0 Å². The maximum absolute atomic E-state index is 13.4. The first-order chi connectivity index (χ1) is 17.6. The van der Waals surface area contributed by atoms with Crippen LogP contribution in [0.5, 0.6) is 0 Å². The van der Waals surface area contributed by atoms with Gasteiger partial charge in [0.15, 0.2) is 5.11 Å². The molecule has 2 saturated heterocycles. The van der Waals surface area contributed by atoms with Gasteiger partial charge in [0.25, 0.3) is 11.6 Å². The predicted octanol–water partition coefficient (Wildman–Crippen LogP) is 3.41. The fourth-order valence-electron chi connectivity index (χ4n) is 4.12. The number of carbonyl (C=O) groups is 1. The largest absolute Gasteiger partial charge is 0.416 e. The molecule has 198 valence electrons. The maximum atomic E-state index is 13.4. The SMILES string of the molecule is O=C(NC(=S)Nc1cc(C(F)(F)F)ccc1N1CCOCC1)c1cc([N+](=O)[O-])ccc1N1CCOCC1. The van der Waals surface area contributed by atoms with Crippen LogP contribution >= 0.6 is 12.2 Å². The number of nitro groups is 1. The van der Waals surface area contributed by atoms with Crippen molar-refractivity contribution < 1.29 is 32.4 Å². The van der Waals surface area contributed by atoms with Gasteiger partial charge in [-0.2, -0.15) is 13.2 Å². The van der Waals surface area contributed by atoms with Crippen molar-refractivity contribution in [3.05, 3.63) is 57.6 Å². The second-order valence-electron chi connectivity index (χ2n) is 8.30. The average molecular weight is 540 g/mol. The van der Waals surface area contributed by atoms with E-state index in [1.165, 1.54) is 18.2 Å². The summed E-state index contributed by atoms with van der Waals surface area (Å²) in [5.74, 6) is -0.734. The minimum Gasteiger partial charge on any atom is -0.378 e. The molecule has 0 radical (unpaired) electrons. The molecule has 0 bridgehead atoms. The lowest BCUT2D eigenvalue weighted by atomic mass is 10.1. The summed E-state index contributed by atoms with van der Waals surface area (Å²) in [6.07, 6.45) is -4.58. The van der Waals surface area contributed by atoms with Crippen molar-refractivity contribution in [3.8, 4) is 0 Å². The van der Waals surface area contributed by atoms with Crippen molar-refractivity contribution in [3.63, 3.8) is 0 Å². The number of alkyl halides is 3. The Hall–Kier alpha value is -3.49. The molecule has 2 heterocycles. The summed E-state index contributed by atoms with van der Waals surface area (Å²) in [4.78, 5) is 27.6. The Bertz CT molecular complexity index is 1180. The van der Waals surface area contributed by atoms with Gasteiger partial charge in [-0.25, -0.2) is 0 Å². The summed E-state index contributed by atoms with van der Waals surface area (Å²) in [5.41, 5.74) is -0.158. The molecular formula is C23H24F3N5O5S. The monoisotopic (exact) mass is 539 g/mol. The summed E-state index contributed by atoms with van der Waals surface area (Å²) < 4.78 is 50.9. The summed E-state index contributed by atoms with van der Waals surface area (Å²) in [7, 11) is 0. The first-order valence-corrected chi connectivity index (χ1v) is 11.8. The van der Waals surface area contributed by atoms with Crippen LogP contribution < -0.4 is 20.4 Å².